The van der Waals surface area contributed by atoms with E-state index in [1.807, 2.05) is 80.8 Å². The molecule has 0 aromatic heterocycles. The van der Waals surface area contributed by atoms with Crippen LogP contribution in [0.15, 0.2) is 76.6 Å². The number of ether oxygens (including phenoxy) is 2. The van der Waals surface area contributed by atoms with Crippen molar-refractivity contribution in [1.29, 1.82) is 0 Å². The summed E-state index contributed by atoms with van der Waals surface area (Å²) in [6.07, 6.45) is 0. The van der Waals surface area contributed by atoms with Crippen LogP contribution in [0.5, 0.6) is 17.2 Å². The number of para-hydroxylation sites is 2. The molecule has 0 saturated heterocycles. The summed E-state index contributed by atoms with van der Waals surface area (Å²) in [5.74, 6) is 2.84. The molecular formula is C24H25ClN4O2S. The molecule has 32 heavy (non-hydrogen) atoms. The van der Waals surface area contributed by atoms with Gasteiger partial charge in [0.05, 0.1) is 22.2 Å². The maximum atomic E-state index is 6.26. The highest BCUT2D eigenvalue weighted by atomic mass is 35.5. The minimum absolute atomic E-state index is 0.538. The SMILES string of the molecule is CN(C)CCOc1ccc(CN=C2NSc3cccc(Oc4ccccc4Cl)c3N2)cc1. The van der Waals surface area contributed by atoms with Crippen molar-refractivity contribution in [1.82, 2.24) is 9.62 Å². The number of halogens is 1. The number of guanidine groups is 1. The highest BCUT2D eigenvalue weighted by Crippen LogP contribution is 2.40. The van der Waals surface area contributed by atoms with Gasteiger partial charge in [-0.2, -0.15) is 0 Å². The number of anilines is 1. The van der Waals surface area contributed by atoms with E-state index in [1.165, 1.54) is 11.9 Å². The summed E-state index contributed by atoms with van der Waals surface area (Å²) >= 11 is 7.75. The van der Waals surface area contributed by atoms with Gasteiger partial charge in [-0.25, -0.2) is 4.99 Å². The molecular weight excluding hydrogens is 444 g/mol. The second-order valence-corrected chi connectivity index (χ2v) is 8.71. The zero-order valence-electron chi connectivity index (χ0n) is 18.0. The molecule has 0 fully saturated rings. The van der Waals surface area contributed by atoms with Gasteiger partial charge in [-0.15, -0.1) is 0 Å². The first-order valence-corrected chi connectivity index (χ1v) is 11.4. The predicted molar refractivity (Wildman–Crippen MR) is 132 cm³/mol. The van der Waals surface area contributed by atoms with Gasteiger partial charge in [0.25, 0.3) is 0 Å². The monoisotopic (exact) mass is 468 g/mol. The number of hydrogen-bond donors (Lipinski definition) is 2. The van der Waals surface area contributed by atoms with E-state index in [-0.39, 0.29) is 0 Å². The first-order valence-electron chi connectivity index (χ1n) is 10.2. The Balaban J connectivity index is 1.41. The normalized spacial score (nSPS) is 13.9. The number of benzene rings is 3. The number of nitrogens with zero attached hydrogens (tertiary/aromatic N) is 2. The fourth-order valence-corrected chi connectivity index (χ4v) is 3.87. The number of nitrogens with one attached hydrogen (secondary N) is 2. The van der Waals surface area contributed by atoms with Crippen LogP contribution in [0.3, 0.4) is 0 Å². The summed E-state index contributed by atoms with van der Waals surface area (Å²) in [5, 5.41) is 3.91. The number of fused-ring (bicyclic) bond motifs is 1. The molecule has 8 heteroatoms. The van der Waals surface area contributed by atoms with Crippen molar-refractivity contribution < 1.29 is 9.47 Å². The molecule has 1 heterocycles. The Kier molecular flexibility index (Phi) is 7.42. The van der Waals surface area contributed by atoms with Crippen LogP contribution < -0.4 is 19.5 Å². The molecule has 3 aromatic carbocycles. The van der Waals surface area contributed by atoms with E-state index in [9.17, 15) is 0 Å². The molecule has 0 spiro atoms. The van der Waals surface area contributed by atoms with Gasteiger partial charge in [-0.05, 0) is 68.0 Å². The fraction of sp³-hybridized carbons (Fsp3) is 0.208. The molecule has 2 N–H and O–H groups in total. The molecule has 3 aromatic rings. The quantitative estimate of drug-likeness (QED) is 0.416. The molecule has 0 atom stereocenters. The maximum absolute atomic E-state index is 6.26. The molecule has 0 bridgehead atoms. The van der Waals surface area contributed by atoms with Crippen molar-refractivity contribution in [2.45, 2.75) is 11.4 Å². The van der Waals surface area contributed by atoms with E-state index < -0.39 is 0 Å². The average molecular weight is 469 g/mol. The van der Waals surface area contributed by atoms with Crippen LogP contribution in [-0.4, -0.2) is 38.1 Å². The van der Waals surface area contributed by atoms with Crippen LogP contribution in [0, 0.1) is 0 Å². The number of aliphatic imine (C=N–C) groups is 1. The zero-order valence-corrected chi connectivity index (χ0v) is 19.5. The molecule has 0 saturated carbocycles. The Hall–Kier alpha value is -2.87. The second-order valence-electron chi connectivity index (χ2n) is 7.45. The van der Waals surface area contributed by atoms with Gasteiger partial charge >= 0.3 is 0 Å². The number of hydrogen-bond acceptors (Lipinski definition) is 5. The molecule has 0 unspecified atom stereocenters. The molecule has 0 aliphatic carbocycles. The Labute approximate surface area is 197 Å². The van der Waals surface area contributed by atoms with Crippen LogP contribution in [-0.2, 0) is 6.54 Å². The summed E-state index contributed by atoms with van der Waals surface area (Å²) in [4.78, 5) is 7.79. The third-order valence-corrected chi connectivity index (χ3v) is 5.86. The predicted octanol–water partition coefficient (Wildman–Crippen LogP) is 5.65. The van der Waals surface area contributed by atoms with E-state index in [4.69, 9.17) is 21.1 Å². The lowest BCUT2D eigenvalue weighted by atomic mass is 10.2. The second kappa shape index (κ2) is 10.6. The average Bonchev–Trinajstić information content (AvgIpc) is 2.80. The maximum Gasteiger partial charge on any atom is 0.206 e. The first-order chi connectivity index (χ1) is 15.6. The lowest BCUT2D eigenvalue weighted by Crippen LogP contribution is -2.29. The van der Waals surface area contributed by atoms with Crippen LogP contribution in [0.25, 0.3) is 0 Å². The van der Waals surface area contributed by atoms with Gasteiger partial charge in [0.1, 0.15) is 18.1 Å². The zero-order chi connectivity index (χ0) is 22.3. The summed E-state index contributed by atoms with van der Waals surface area (Å²) in [7, 11) is 4.06. The van der Waals surface area contributed by atoms with Crippen molar-refractivity contribution in [2.24, 2.45) is 4.99 Å². The van der Waals surface area contributed by atoms with Crippen LogP contribution >= 0.6 is 23.5 Å². The van der Waals surface area contributed by atoms with Gasteiger partial charge in [0.2, 0.25) is 5.96 Å². The van der Waals surface area contributed by atoms with Crippen LogP contribution in [0.2, 0.25) is 5.02 Å². The molecule has 166 valence electrons. The van der Waals surface area contributed by atoms with Crippen molar-refractivity contribution >= 4 is 35.2 Å². The topological polar surface area (TPSA) is 58.1 Å². The lowest BCUT2D eigenvalue weighted by molar-refractivity contribution is 0.261. The van der Waals surface area contributed by atoms with Gasteiger partial charge in [0.15, 0.2) is 5.75 Å². The Morgan fingerprint density at radius 3 is 2.53 bits per heavy atom. The Morgan fingerprint density at radius 1 is 0.969 bits per heavy atom. The van der Waals surface area contributed by atoms with Crippen molar-refractivity contribution in [3.8, 4) is 17.2 Å². The molecule has 0 amide bonds. The highest BCUT2D eigenvalue weighted by Gasteiger charge is 2.19. The lowest BCUT2D eigenvalue weighted by Gasteiger charge is -2.23. The van der Waals surface area contributed by atoms with Gasteiger partial charge in [-0.1, -0.05) is 41.9 Å². The largest absolute Gasteiger partial charge is 0.492 e. The van der Waals surface area contributed by atoms with E-state index in [0.29, 0.717) is 35.6 Å². The van der Waals surface area contributed by atoms with E-state index in [0.717, 1.165) is 28.4 Å². The van der Waals surface area contributed by atoms with Crippen molar-refractivity contribution in [3.05, 3.63) is 77.3 Å². The third kappa shape index (κ3) is 5.88. The van der Waals surface area contributed by atoms with Crippen LogP contribution in [0.1, 0.15) is 5.56 Å². The Bertz CT molecular complexity index is 1090. The fourth-order valence-electron chi connectivity index (χ4n) is 2.98. The Morgan fingerprint density at radius 2 is 1.75 bits per heavy atom. The van der Waals surface area contributed by atoms with Crippen LogP contribution in [0.4, 0.5) is 5.69 Å². The molecule has 1 aliphatic rings. The molecule has 0 radical (unpaired) electrons. The van der Waals surface area contributed by atoms with Crippen molar-refractivity contribution in [3.63, 3.8) is 0 Å². The minimum Gasteiger partial charge on any atom is -0.492 e. The van der Waals surface area contributed by atoms with Gasteiger partial charge in [0, 0.05) is 6.54 Å². The standard InChI is InChI=1S/C24H25ClN4O2S/c1-29(2)14-15-30-18-12-10-17(11-13-18)16-26-24-27-23-21(8-5-9-22(23)32-28-24)31-20-7-4-3-6-19(20)25/h3-13H,14-16H2,1-2H3,(H2,26,27,28). The summed E-state index contributed by atoms with van der Waals surface area (Å²) in [6.45, 7) is 2.09. The number of rotatable bonds is 8. The summed E-state index contributed by atoms with van der Waals surface area (Å²) in [6, 6.07) is 21.3. The van der Waals surface area contributed by atoms with E-state index in [2.05, 4.69) is 19.9 Å². The molecule has 1 aliphatic heterocycles. The van der Waals surface area contributed by atoms with E-state index in [1.54, 1.807) is 0 Å². The first kappa shape index (κ1) is 22.3. The van der Waals surface area contributed by atoms with Gasteiger partial charge < -0.3 is 19.7 Å². The summed E-state index contributed by atoms with van der Waals surface area (Å²) < 4.78 is 15.1. The molecule has 4 rings (SSSR count). The highest BCUT2D eigenvalue weighted by molar-refractivity contribution is 7.98. The summed E-state index contributed by atoms with van der Waals surface area (Å²) in [5.41, 5.74) is 1.96. The third-order valence-electron chi connectivity index (χ3n) is 4.70. The minimum atomic E-state index is 0.538. The molecule has 6 nitrogen and oxygen atoms in total. The smallest absolute Gasteiger partial charge is 0.206 e. The number of likely N-dealkylation sites (N-methyl/N-ethyl adjacent to an activating group) is 1. The van der Waals surface area contributed by atoms with Crippen molar-refractivity contribution in [2.75, 3.05) is 32.6 Å². The van der Waals surface area contributed by atoms with Gasteiger partial charge in [-0.3, -0.25) is 4.72 Å². The van der Waals surface area contributed by atoms with E-state index >= 15 is 0 Å².